The molecule has 0 bridgehead atoms. The molecule has 0 radical (unpaired) electrons. The minimum absolute atomic E-state index is 0.250. The molecule has 138 valence electrons. The van der Waals surface area contributed by atoms with Crippen LogP contribution in [0.3, 0.4) is 0 Å². The predicted molar refractivity (Wildman–Crippen MR) is 102 cm³/mol. The van der Waals surface area contributed by atoms with E-state index in [0.717, 1.165) is 16.2 Å². The summed E-state index contributed by atoms with van der Waals surface area (Å²) in [5.74, 6) is 0.725. The molecule has 0 spiro atoms. The van der Waals surface area contributed by atoms with Gasteiger partial charge in [0, 0.05) is 29.8 Å². The monoisotopic (exact) mass is 373 g/mol. The lowest BCUT2D eigenvalue weighted by atomic mass is 10.2. The van der Waals surface area contributed by atoms with Gasteiger partial charge in [-0.1, -0.05) is 36.4 Å². The zero-order valence-corrected chi connectivity index (χ0v) is 15.8. The highest BCUT2D eigenvalue weighted by atomic mass is 32.2. The number of hydrogen-bond acceptors (Lipinski definition) is 5. The van der Waals surface area contributed by atoms with Crippen LogP contribution in [-0.4, -0.2) is 43.3 Å². The lowest BCUT2D eigenvalue weighted by molar-refractivity contribution is -0.151. The first-order valence-corrected chi connectivity index (χ1v) is 9.28. The molecule has 0 unspecified atom stereocenters. The van der Waals surface area contributed by atoms with Crippen LogP contribution < -0.4 is 4.74 Å². The zero-order valence-electron chi connectivity index (χ0n) is 15.0. The number of rotatable bonds is 9. The first kappa shape index (κ1) is 19.8. The van der Waals surface area contributed by atoms with Gasteiger partial charge in [-0.05, 0) is 18.2 Å². The van der Waals surface area contributed by atoms with Crippen molar-refractivity contribution >= 4 is 23.6 Å². The average molecular weight is 373 g/mol. The van der Waals surface area contributed by atoms with E-state index in [1.165, 1.54) is 4.90 Å². The first-order chi connectivity index (χ1) is 12.6. The number of esters is 1. The van der Waals surface area contributed by atoms with Gasteiger partial charge in [-0.25, -0.2) is 0 Å². The van der Waals surface area contributed by atoms with Crippen molar-refractivity contribution in [3.05, 3.63) is 60.2 Å². The van der Waals surface area contributed by atoms with Crippen molar-refractivity contribution in [2.75, 3.05) is 26.5 Å². The summed E-state index contributed by atoms with van der Waals surface area (Å²) in [7, 11) is 3.27. The van der Waals surface area contributed by atoms with Crippen LogP contribution in [-0.2, 0) is 20.9 Å². The van der Waals surface area contributed by atoms with E-state index in [9.17, 15) is 9.59 Å². The molecule has 5 nitrogen and oxygen atoms in total. The summed E-state index contributed by atoms with van der Waals surface area (Å²) in [6.45, 7) is 0.144. The summed E-state index contributed by atoms with van der Waals surface area (Å²) in [6, 6.07) is 17.4. The second-order valence-corrected chi connectivity index (χ2v) is 6.80. The lowest BCUT2D eigenvalue weighted by Gasteiger charge is -2.18. The molecule has 2 aromatic carbocycles. The third-order valence-corrected chi connectivity index (χ3v) is 4.71. The second-order valence-electron chi connectivity index (χ2n) is 5.63. The Kier molecular flexibility index (Phi) is 8.02. The molecule has 0 fully saturated rings. The number of hydrogen-bond donors (Lipinski definition) is 0. The number of para-hydroxylation sites is 1. The van der Waals surface area contributed by atoms with Crippen molar-refractivity contribution in [3.8, 4) is 5.75 Å². The highest BCUT2D eigenvalue weighted by molar-refractivity contribution is 7.99. The first-order valence-electron chi connectivity index (χ1n) is 8.29. The molecule has 0 aliphatic rings. The van der Waals surface area contributed by atoms with E-state index in [0.29, 0.717) is 12.3 Å². The van der Waals surface area contributed by atoms with Crippen molar-refractivity contribution in [2.24, 2.45) is 0 Å². The van der Waals surface area contributed by atoms with E-state index < -0.39 is 0 Å². The predicted octanol–water partition coefficient (Wildman–Crippen LogP) is 3.38. The van der Waals surface area contributed by atoms with Gasteiger partial charge in [-0.2, -0.15) is 0 Å². The number of amides is 1. The summed E-state index contributed by atoms with van der Waals surface area (Å²) < 4.78 is 10.4. The van der Waals surface area contributed by atoms with Gasteiger partial charge >= 0.3 is 5.97 Å². The Bertz CT molecular complexity index is 721. The third kappa shape index (κ3) is 6.44. The van der Waals surface area contributed by atoms with Crippen molar-refractivity contribution in [1.29, 1.82) is 0 Å². The van der Waals surface area contributed by atoms with Gasteiger partial charge < -0.3 is 14.4 Å². The van der Waals surface area contributed by atoms with Crippen LogP contribution in [0, 0.1) is 0 Å². The second kappa shape index (κ2) is 10.5. The number of thioether (sulfide) groups is 1. The Morgan fingerprint density at radius 1 is 1.04 bits per heavy atom. The van der Waals surface area contributed by atoms with Gasteiger partial charge in [0.2, 0.25) is 0 Å². The van der Waals surface area contributed by atoms with E-state index in [-0.39, 0.29) is 24.9 Å². The molecular weight excluding hydrogens is 350 g/mol. The summed E-state index contributed by atoms with van der Waals surface area (Å²) in [4.78, 5) is 26.6. The molecule has 0 aliphatic heterocycles. The number of carbonyl (C=O) groups excluding carboxylic acids is 2. The van der Waals surface area contributed by atoms with Gasteiger partial charge in [-0.3, -0.25) is 9.59 Å². The molecule has 0 aliphatic carbocycles. The molecule has 0 N–H and O–H groups in total. The van der Waals surface area contributed by atoms with Crippen molar-refractivity contribution in [2.45, 2.75) is 17.9 Å². The summed E-state index contributed by atoms with van der Waals surface area (Å²) >= 11 is 1.59. The highest BCUT2D eigenvalue weighted by Crippen LogP contribution is 2.19. The molecule has 2 rings (SSSR count). The van der Waals surface area contributed by atoms with Crippen LogP contribution in [0.2, 0.25) is 0 Å². The van der Waals surface area contributed by atoms with Crippen LogP contribution in [0.5, 0.6) is 5.75 Å². The van der Waals surface area contributed by atoms with Gasteiger partial charge in [0.25, 0.3) is 5.91 Å². The molecular formula is C20H23NO4S. The molecule has 0 atom stereocenters. The Labute approximate surface area is 158 Å². The molecule has 0 aromatic heterocycles. The number of carbonyl (C=O) groups is 2. The van der Waals surface area contributed by atoms with Gasteiger partial charge in [0.05, 0.1) is 13.5 Å². The molecule has 26 heavy (non-hydrogen) atoms. The van der Waals surface area contributed by atoms with Crippen LogP contribution in [0.1, 0.15) is 12.0 Å². The summed E-state index contributed by atoms with van der Waals surface area (Å²) in [5.41, 5.74) is 0.899. The summed E-state index contributed by atoms with van der Waals surface area (Å²) in [5, 5.41) is 0. The maximum Gasteiger partial charge on any atom is 0.307 e. The molecule has 2 aromatic rings. The van der Waals surface area contributed by atoms with E-state index in [1.54, 1.807) is 25.9 Å². The van der Waals surface area contributed by atoms with Crippen LogP contribution in [0.15, 0.2) is 59.5 Å². The summed E-state index contributed by atoms with van der Waals surface area (Å²) in [6.07, 6.45) is 0.267. The number of nitrogens with zero attached hydrogens (tertiary/aromatic N) is 1. The van der Waals surface area contributed by atoms with Crippen LogP contribution in [0.4, 0.5) is 0 Å². The van der Waals surface area contributed by atoms with Crippen molar-refractivity contribution < 1.29 is 19.1 Å². The quantitative estimate of drug-likeness (QED) is 0.498. The normalized spacial score (nSPS) is 10.2. The minimum Gasteiger partial charge on any atom is -0.496 e. The average Bonchev–Trinajstić information content (AvgIpc) is 2.67. The Morgan fingerprint density at radius 2 is 1.73 bits per heavy atom. The fraction of sp³-hybridized carbons (Fsp3) is 0.300. The lowest BCUT2D eigenvalue weighted by Crippen LogP contribution is -2.31. The topological polar surface area (TPSA) is 55.8 Å². The fourth-order valence-corrected chi connectivity index (χ4v) is 3.12. The smallest absolute Gasteiger partial charge is 0.307 e. The largest absolute Gasteiger partial charge is 0.496 e. The van der Waals surface area contributed by atoms with Gasteiger partial charge in [-0.15, -0.1) is 11.8 Å². The van der Waals surface area contributed by atoms with E-state index >= 15 is 0 Å². The zero-order chi connectivity index (χ0) is 18.8. The maximum absolute atomic E-state index is 12.1. The van der Waals surface area contributed by atoms with Crippen LogP contribution in [0.25, 0.3) is 0 Å². The molecule has 0 heterocycles. The van der Waals surface area contributed by atoms with Crippen LogP contribution >= 0.6 is 11.8 Å². The Morgan fingerprint density at radius 3 is 2.46 bits per heavy atom. The van der Waals surface area contributed by atoms with Crippen molar-refractivity contribution in [3.63, 3.8) is 0 Å². The number of methoxy groups -OCH3 is 1. The minimum atomic E-state index is -0.368. The Hall–Kier alpha value is -2.47. The molecule has 6 heteroatoms. The third-order valence-electron chi connectivity index (χ3n) is 3.70. The standard InChI is InChI=1S/C20H23NO4S/c1-21(14-16-8-6-7-11-18(16)24-2)19(22)15-25-20(23)12-13-26-17-9-4-3-5-10-17/h3-11H,12-15H2,1-2H3. The number of ether oxygens (including phenoxy) is 2. The Balaban J connectivity index is 1.70. The number of benzene rings is 2. The van der Waals surface area contributed by atoms with E-state index in [2.05, 4.69) is 0 Å². The fourth-order valence-electron chi connectivity index (χ4n) is 2.27. The molecule has 0 saturated carbocycles. The molecule has 0 saturated heterocycles. The van der Waals surface area contributed by atoms with Crippen molar-refractivity contribution in [1.82, 2.24) is 4.90 Å². The van der Waals surface area contributed by atoms with Gasteiger partial charge in [0.1, 0.15) is 5.75 Å². The number of likely N-dealkylation sites (N-methyl/N-ethyl adjacent to an activating group) is 1. The maximum atomic E-state index is 12.1. The SMILES string of the molecule is COc1ccccc1CN(C)C(=O)COC(=O)CCSc1ccccc1. The van der Waals surface area contributed by atoms with E-state index in [1.807, 2.05) is 54.6 Å². The molecule has 1 amide bonds. The van der Waals surface area contributed by atoms with Gasteiger partial charge in [0.15, 0.2) is 6.61 Å². The highest BCUT2D eigenvalue weighted by Gasteiger charge is 2.14. The van der Waals surface area contributed by atoms with E-state index in [4.69, 9.17) is 9.47 Å².